The fourth-order valence-corrected chi connectivity index (χ4v) is 4.27. The fraction of sp³-hybridized carbons (Fsp3) is 0.609. The van der Waals surface area contributed by atoms with Crippen molar-refractivity contribution >= 4 is 23.0 Å². The number of hydrogen-bond donors (Lipinski definition) is 1. The molecule has 0 spiro atoms. The predicted molar refractivity (Wildman–Crippen MR) is 119 cm³/mol. The van der Waals surface area contributed by atoms with E-state index in [2.05, 4.69) is 10.3 Å². The summed E-state index contributed by atoms with van der Waals surface area (Å²) in [7, 11) is 3.55. The number of carbonyl (C=O) groups excluding carboxylic acids is 2. The topological polar surface area (TPSA) is 85.7 Å². The summed E-state index contributed by atoms with van der Waals surface area (Å²) in [5.41, 5.74) is 1.23. The molecule has 0 bridgehead atoms. The summed E-state index contributed by atoms with van der Waals surface area (Å²) >= 11 is 0. The maximum atomic E-state index is 13.1. The van der Waals surface area contributed by atoms with E-state index in [-0.39, 0.29) is 29.9 Å². The van der Waals surface area contributed by atoms with Gasteiger partial charge in [-0.15, -0.1) is 0 Å². The van der Waals surface area contributed by atoms with Crippen LogP contribution in [0.1, 0.15) is 46.9 Å². The van der Waals surface area contributed by atoms with Crippen LogP contribution >= 0.6 is 0 Å². The van der Waals surface area contributed by atoms with Crippen LogP contribution in [0.15, 0.2) is 18.2 Å². The lowest BCUT2D eigenvalue weighted by atomic mass is 9.90. The fourth-order valence-electron chi connectivity index (χ4n) is 4.27. The Hall–Kier alpha value is -2.77. The van der Waals surface area contributed by atoms with Crippen molar-refractivity contribution in [3.63, 3.8) is 0 Å². The second kappa shape index (κ2) is 8.77. The molecule has 0 unspecified atom stereocenters. The molecule has 2 heterocycles. The van der Waals surface area contributed by atoms with Gasteiger partial charge in [-0.3, -0.25) is 4.79 Å². The van der Waals surface area contributed by atoms with E-state index >= 15 is 0 Å². The Morgan fingerprint density at radius 3 is 2.61 bits per heavy atom. The number of methoxy groups -OCH3 is 1. The average molecular weight is 431 g/mol. The molecule has 1 aromatic heterocycles. The number of aromatic nitrogens is 2. The third kappa shape index (κ3) is 4.94. The monoisotopic (exact) mass is 430 g/mol. The van der Waals surface area contributed by atoms with Crippen molar-refractivity contribution in [2.75, 3.05) is 13.7 Å². The Bertz CT molecular complexity index is 960. The highest BCUT2D eigenvalue weighted by atomic mass is 16.6. The lowest BCUT2D eigenvalue weighted by molar-refractivity contribution is -0.126. The summed E-state index contributed by atoms with van der Waals surface area (Å²) in [5.74, 6) is 1.31. The predicted octanol–water partition coefficient (Wildman–Crippen LogP) is 3.48. The van der Waals surface area contributed by atoms with Crippen LogP contribution < -0.4 is 10.1 Å². The van der Waals surface area contributed by atoms with Crippen LogP contribution in [-0.4, -0.2) is 51.7 Å². The van der Waals surface area contributed by atoms with Gasteiger partial charge in [0.1, 0.15) is 17.2 Å². The maximum Gasteiger partial charge on any atom is 0.410 e. The minimum absolute atomic E-state index is 0.0607. The average Bonchev–Trinajstić information content (AvgIpc) is 3.26. The zero-order chi connectivity index (χ0) is 22.9. The molecule has 1 saturated heterocycles. The molecule has 2 atom stereocenters. The zero-order valence-electron chi connectivity index (χ0n) is 19.6. The van der Waals surface area contributed by atoms with Crippen molar-refractivity contribution in [3.8, 4) is 5.75 Å². The van der Waals surface area contributed by atoms with Crippen molar-refractivity contribution in [3.05, 3.63) is 24.0 Å². The highest BCUT2D eigenvalue weighted by molar-refractivity contribution is 5.82. The molecule has 1 aliphatic rings. The van der Waals surface area contributed by atoms with Crippen LogP contribution in [0.5, 0.6) is 5.75 Å². The lowest BCUT2D eigenvalue weighted by Crippen LogP contribution is -2.47. The molecule has 0 aliphatic carbocycles. The van der Waals surface area contributed by atoms with E-state index in [1.165, 1.54) is 0 Å². The van der Waals surface area contributed by atoms with Crippen LogP contribution in [0.25, 0.3) is 11.0 Å². The Morgan fingerprint density at radius 1 is 1.29 bits per heavy atom. The van der Waals surface area contributed by atoms with E-state index in [9.17, 15) is 9.59 Å². The quantitative estimate of drug-likeness (QED) is 0.785. The minimum atomic E-state index is -0.568. The number of aryl methyl sites for hydroxylation is 1. The van der Waals surface area contributed by atoms with Gasteiger partial charge in [0.25, 0.3) is 0 Å². The third-order valence-corrected chi connectivity index (χ3v) is 5.70. The normalized spacial score (nSPS) is 19.2. The number of rotatable bonds is 5. The number of ether oxygens (including phenoxy) is 2. The van der Waals surface area contributed by atoms with Crippen molar-refractivity contribution < 1.29 is 19.1 Å². The lowest BCUT2D eigenvalue weighted by Gasteiger charge is -2.32. The largest absolute Gasteiger partial charge is 0.497 e. The van der Waals surface area contributed by atoms with E-state index in [1.54, 1.807) is 12.0 Å². The van der Waals surface area contributed by atoms with Gasteiger partial charge in [0, 0.05) is 25.7 Å². The summed E-state index contributed by atoms with van der Waals surface area (Å²) in [6.45, 7) is 10.5. The van der Waals surface area contributed by atoms with E-state index in [4.69, 9.17) is 9.47 Å². The highest BCUT2D eigenvalue weighted by Crippen LogP contribution is 2.31. The number of likely N-dealkylation sites (tertiary alicyclic amines) is 1. The summed E-state index contributed by atoms with van der Waals surface area (Å²) in [4.78, 5) is 32.1. The molecule has 1 aliphatic heterocycles. The molecule has 1 N–H and O–H groups in total. The summed E-state index contributed by atoms with van der Waals surface area (Å²) in [6.07, 6.45) is 0.263. The smallest absolute Gasteiger partial charge is 0.410 e. The number of amides is 2. The van der Waals surface area contributed by atoms with Gasteiger partial charge >= 0.3 is 6.09 Å². The van der Waals surface area contributed by atoms with Gasteiger partial charge < -0.3 is 24.3 Å². The summed E-state index contributed by atoms with van der Waals surface area (Å²) in [5, 5.41) is 3.03. The van der Waals surface area contributed by atoms with Crippen molar-refractivity contribution in [2.45, 2.75) is 59.2 Å². The van der Waals surface area contributed by atoms with Gasteiger partial charge in [-0.25, -0.2) is 9.78 Å². The molecular formula is C23H34N4O4. The highest BCUT2D eigenvalue weighted by Gasteiger charge is 2.44. The molecule has 0 saturated carbocycles. The Balaban J connectivity index is 1.70. The number of nitrogens with zero attached hydrogens (tertiary/aromatic N) is 3. The van der Waals surface area contributed by atoms with Crippen LogP contribution in [0.3, 0.4) is 0 Å². The first-order valence-corrected chi connectivity index (χ1v) is 10.8. The summed E-state index contributed by atoms with van der Waals surface area (Å²) < 4.78 is 12.8. The van der Waals surface area contributed by atoms with E-state index in [0.29, 0.717) is 19.5 Å². The first kappa shape index (κ1) is 22.9. The first-order chi connectivity index (χ1) is 14.5. The number of imidazole rings is 1. The Morgan fingerprint density at radius 2 is 2.00 bits per heavy atom. The van der Waals surface area contributed by atoms with Gasteiger partial charge in [-0.1, -0.05) is 13.8 Å². The molecule has 2 amide bonds. The summed E-state index contributed by atoms with van der Waals surface area (Å²) in [6, 6.07) is 5.53. The molecule has 2 aromatic rings. The molecule has 0 radical (unpaired) electrons. The molecule has 8 nitrogen and oxygen atoms in total. The molecule has 1 aromatic carbocycles. The molecule has 3 rings (SSSR count). The standard InChI is InChI=1S/C23H34N4O4/c1-14(2)20-16(10-11-27(20)22(29)31-23(3,4)5)21(28)24-13-19-25-17-12-15(30-7)8-9-18(17)26(19)6/h8-9,12,14,16,20H,10-11,13H2,1-7H3,(H,24,28)/t16-,20+/m0/s1. The van der Waals surface area contributed by atoms with Crippen LogP contribution in [0.4, 0.5) is 4.79 Å². The van der Waals surface area contributed by atoms with Crippen LogP contribution in [0, 0.1) is 11.8 Å². The van der Waals surface area contributed by atoms with E-state index in [0.717, 1.165) is 22.6 Å². The van der Waals surface area contributed by atoms with Gasteiger partial charge in [-0.2, -0.15) is 0 Å². The molecule has 8 heteroatoms. The Labute approximate surface area is 183 Å². The SMILES string of the molecule is COc1ccc2c(c1)nc(CNC(=O)[C@H]1CCN(C(=O)OC(C)(C)C)[C@@H]1C(C)C)n2C. The van der Waals surface area contributed by atoms with Crippen molar-refractivity contribution in [1.29, 1.82) is 0 Å². The number of benzene rings is 1. The van der Waals surface area contributed by atoms with Crippen molar-refractivity contribution in [2.24, 2.45) is 18.9 Å². The van der Waals surface area contributed by atoms with Crippen LogP contribution in [0.2, 0.25) is 0 Å². The zero-order valence-corrected chi connectivity index (χ0v) is 19.6. The van der Waals surface area contributed by atoms with Crippen LogP contribution in [-0.2, 0) is 23.1 Å². The second-order valence-electron chi connectivity index (χ2n) is 9.46. The second-order valence-corrected chi connectivity index (χ2v) is 9.46. The molecular weight excluding hydrogens is 396 g/mol. The molecule has 31 heavy (non-hydrogen) atoms. The molecule has 170 valence electrons. The number of hydrogen-bond acceptors (Lipinski definition) is 5. The minimum Gasteiger partial charge on any atom is -0.497 e. The van der Waals surface area contributed by atoms with Gasteiger partial charge in [0.15, 0.2) is 0 Å². The van der Waals surface area contributed by atoms with Gasteiger partial charge in [0.05, 0.1) is 30.6 Å². The van der Waals surface area contributed by atoms with E-state index < -0.39 is 5.60 Å². The first-order valence-electron chi connectivity index (χ1n) is 10.8. The number of carbonyl (C=O) groups is 2. The van der Waals surface area contributed by atoms with E-state index in [1.807, 2.05) is 64.4 Å². The maximum absolute atomic E-state index is 13.1. The van der Waals surface area contributed by atoms with Crippen molar-refractivity contribution in [1.82, 2.24) is 19.8 Å². The van der Waals surface area contributed by atoms with Gasteiger partial charge in [0.2, 0.25) is 5.91 Å². The number of nitrogens with one attached hydrogen (secondary N) is 1. The van der Waals surface area contributed by atoms with Gasteiger partial charge in [-0.05, 0) is 45.2 Å². The third-order valence-electron chi connectivity index (χ3n) is 5.70. The molecule has 1 fully saturated rings. The number of fused-ring (bicyclic) bond motifs is 1. The Kier molecular flexibility index (Phi) is 6.48.